The third kappa shape index (κ3) is 5.51. The van der Waals surface area contributed by atoms with Crippen LogP contribution in [0, 0.1) is 0 Å². The lowest BCUT2D eigenvalue weighted by atomic mass is 10.1. The molecule has 1 aliphatic heterocycles. The highest BCUT2D eigenvalue weighted by Crippen LogP contribution is 2.28. The van der Waals surface area contributed by atoms with Crippen LogP contribution < -0.4 is 9.47 Å². The molecule has 29 heavy (non-hydrogen) atoms. The first-order valence-electron chi connectivity index (χ1n) is 10.5. The summed E-state index contributed by atoms with van der Waals surface area (Å²) in [6, 6.07) is 13.9. The van der Waals surface area contributed by atoms with Gasteiger partial charge in [-0.3, -0.25) is 9.69 Å². The summed E-state index contributed by atoms with van der Waals surface area (Å²) in [5.41, 5.74) is 3.01. The second kappa shape index (κ2) is 10.3. The maximum atomic E-state index is 13.0. The zero-order chi connectivity index (χ0) is 20.6. The Hall–Kier alpha value is -2.53. The third-order valence-corrected chi connectivity index (χ3v) is 5.55. The van der Waals surface area contributed by atoms with Gasteiger partial charge in [0.05, 0.1) is 14.2 Å². The molecule has 0 radical (unpaired) electrons. The number of carbonyl (C=O) groups excluding carboxylic acids is 1. The van der Waals surface area contributed by atoms with Gasteiger partial charge in [-0.2, -0.15) is 0 Å². The van der Waals surface area contributed by atoms with Crippen molar-refractivity contribution in [1.82, 2.24) is 9.80 Å². The number of benzene rings is 2. The molecule has 0 aliphatic carbocycles. The molecule has 3 rings (SSSR count). The van der Waals surface area contributed by atoms with E-state index in [9.17, 15) is 4.79 Å². The highest BCUT2D eigenvalue weighted by atomic mass is 16.5. The average Bonchev–Trinajstić information content (AvgIpc) is 2.78. The number of methoxy groups -OCH3 is 2. The van der Waals surface area contributed by atoms with Crippen LogP contribution in [0.3, 0.4) is 0 Å². The number of hydrogen-bond donors (Lipinski definition) is 0. The zero-order valence-corrected chi connectivity index (χ0v) is 17.8. The number of nitrogens with zero attached hydrogens (tertiary/aromatic N) is 2. The van der Waals surface area contributed by atoms with Crippen LogP contribution in [0.25, 0.3) is 0 Å². The van der Waals surface area contributed by atoms with E-state index in [1.165, 1.54) is 37.9 Å². The predicted molar refractivity (Wildman–Crippen MR) is 116 cm³/mol. The first-order valence-corrected chi connectivity index (χ1v) is 10.5. The molecule has 1 saturated heterocycles. The quantitative estimate of drug-likeness (QED) is 0.665. The molecule has 0 aromatic heterocycles. The average molecular weight is 397 g/mol. The van der Waals surface area contributed by atoms with Crippen LogP contribution in [0.1, 0.15) is 47.7 Å². The fraction of sp³-hybridized carbons (Fsp3) is 0.458. The number of carbonyl (C=O) groups is 1. The molecule has 0 unspecified atom stereocenters. The van der Waals surface area contributed by atoms with Crippen LogP contribution in [0.2, 0.25) is 0 Å². The Bertz CT molecular complexity index is 798. The van der Waals surface area contributed by atoms with Gasteiger partial charge in [0.15, 0.2) is 11.5 Å². The molecule has 0 atom stereocenters. The summed E-state index contributed by atoms with van der Waals surface area (Å²) < 4.78 is 10.7. The molecule has 1 amide bonds. The van der Waals surface area contributed by atoms with Crippen LogP contribution in [0.15, 0.2) is 42.5 Å². The summed E-state index contributed by atoms with van der Waals surface area (Å²) in [5, 5.41) is 0. The van der Waals surface area contributed by atoms with Gasteiger partial charge in [0.2, 0.25) is 0 Å². The van der Waals surface area contributed by atoms with Crippen LogP contribution >= 0.6 is 0 Å². The molecule has 156 valence electrons. The van der Waals surface area contributed by atoms with E-state index in [2.05, 4.69) is 17.0 Å². The van der Waals surface area contributed by atoms with Gasteiger partial charge in [0.25, 0.3) is 5.91 Å². The largest absolute Gasteiger partial charge is 0.493 e. The summed E-state index contributed by atoms with van der Waals surface area (Å²) in [7, 11) is 3.24. The molecule has 1 fully saturated rings. The van der Waals surface area contributed by atoms with Crippen molar-refractivity contribution in [3.05, 3.63) is 59.2 Å². The molecule has 2 aromatic rings. The van der Waals surface area contributed by atoms with Crippen LogP contribution in [-0.4, -0.2) is 49.6 Å². The van der Waals surface area contributed by atoms with Crippen molar-refractivity contribution in [2.45, 2.75) is 39.3 Å². The predicted octanol–water partition coefficient (Wildman–Crippen LogP) is 4.35. The summed E-state index contributed by atoms with van der Waals surface area (Å²) in [6.45, 7) is 6.50. The number of amides is 1. The van der Waals surface area contributed by atoms with Gasteiger partial charge < -0.3 is 14.4 Å². The number of hydrogen-bond acceptors (Lipinski definition) is 4. The lowest BCUT2D eigenvalue weighted by Crippen LogP contribution is -2.30. The lowest BCUT2D eigenvalue weighted by Gasteiger charge is -2.26. The van der Waals surface area contributed by atoms with Crippen LogP contribution in [0.5, 0.6) is 11.5 Å². The van der Waals surface area contributed by atoms with Gasteiger partial charge in [-0.15, -0.1) is 0 Å². The Labute approximate surface area is 174 Å². The van der Waals surface area contributed by atoms with Gasteiger partial charge in [-0.05, 0) is 68.2 Å². The molecule has 0 bridgehead atoms. The van der Waals surface area contributed by atoms with Gasteiger partial charge >= 0.3 is 0 Å². The molecular weight excluding hydrogens is 364 g/mol. The van der Waals surface area contributed by atoms with Crippen molar-refractivity contribution >= 4 is 5.91 Å². The molecule has 1 heterocycles. The molecular formula is C24H32N2O3. The van der Waals surface area contributed by atoms with Crippen molar-refractivity contribution < 1.29 is 14.3 Å². The van der Waals surface area contributed by atoms with E-state index in [4.69, 9.17) is 9.47 Å². The fourth-order valence-electron chi connectivity index (χ4n) is 3.84. The number of rotatable bonds is 8. The summed E-state index contributed by atoms with van der Waals surface area (Å²) in [6.07, 6.45) is 3.92. The third-order valence-electron chi connectivity index (χ3n) is 5.55. The highest BCUT2D eigenvalue weighted by Gasteiger charge is 2.16. The molecule has 5 heteroatoms. The number of ether oxygens (including phenoxy) is 2. The first-order chi connectivity index (χ1) is 14.1. The van der Waals surface area contributed by atoms with E-state index >= 15 is 0 Å². The number of likely N-dealkylation sites (tertiary alicyclic amines) is 1. The van der Waals surface area contributed by atoms with Gasteiger partial charge in [-0.1, -0.05) is 24.6 Å². The Morgan fingerprint density at radius 2 is 1.59 bits per heavy atom. The monoisotopic (exact) mass is 396 g/mol. The van der Waals surface area contributed by atoms with Crippen LogP contribution in [-0.2, 0) is 13.1 Å². The minimum Gasteiger partial charge on any atom is -0.493 e. The van der Waals surface area contributed by atoms with Crippen molar-refractivity contribution in [2.24, 2.45) is 0 Å². The molecule has 2 aromatic carbocycles. The van der Waals surface area contributed by atoms with Crippen molar-refractivity contribution in [2.75, 3.05) is 33.9 Å². The van der Waals surface area contributed by atoms with Crippen LogP contribution in [0.4, 0.5) is 0 Å². The van der Waals surface area contributed by atoms with E-state index in [1.54, 1.807) is 14.2 Å². The Morgan fingerprint density at radius 3 is 2.21 bits per heavy atom. The molecule has 5 nitrogen and oxygen atoms in total. The lowest BCUT2D eigenvalue weighted by molar-refractivity contribution is 0.0752. The summed E-state index contributed by atoms with van der Waals surface area (Å²) in [5.74, 6) is 1.41. The van der Waals surface area contributed by atoms with Gasteiger partial charge in [-0.25, -0.2) is 0 Å². The molecule has 0 spiro atoms. The molecule has 1 aliphatic rings. The maximum Gasteiger partial charge on any atom is 0.254 e. The highest BCUT2D eigenvalue weighted by molar-refractivity contribution is 5.94. The smallest absolute Gasteiger partial charge is 0.254 e. The van der Waals surface area contributed by atoms with E-state index in [-0.39, 0.29) is 5.91 Å². The normalized spacial score (nSPS) is 14.4. The minimum absolute atomic E-state index is 0.0480. The Morgan fingerprint density at radius 1 is 0.931 bits per heavy atom. The van der Waals surface area contributed by atoms with E-state index in [0.29, 0.717) is 24.6 Å². The van der Waals surface area contributed by atoms with Crippen molar-refractivity contribution in [3.8, 4) is 11.5 Å². The Balaban J connectivity index is 1.65. The standard InChI is InChI=1S/C24H32N2O3/c1-4-26(18-20-10-13-22(28-2)23(16-20)29-3)24(27)21-11-8-19(9-12-21)17-25-14-6-5-7-15-25/h8-13,16H,4-7,14-15,17-18H2,1-3H3. The topological polar surface area (TPSA) is 42.0 Å². The SMILES string of the molecule is CCN(Cc1ccc(OC)c(OC)c1)C(=O)c1ccc(CN2CCCCC2)cc1. The second-order valence-corrected chi connectivity index (χ2v) is 7.54. The first kappa shape index (κ1) is 21.2. The maximum absolute atomic E-state index is 13.0. The molecule has 0 saturated carbocycles. The zero-order valence-electron chi connectivity index (χ0n) is 17.8. The van der Waals surface area contributed by atoms with E-state index in [1.807, 2.05) is 42.2 Å². The van der Waals surface area contributed by atoms with E-state index in [0.717, 1.165) is 17.7 Å². The van der Waals surface area contributed by atoms with E-state index < -0.39 is 0 Å². The fourth-order valence-corrected chi connectivity index (χ4v) is 3.84. The summed E-state index contributed by atoms with van der Waals surface area (Å²) in [4.78, 5) is 17.4. The van der Waals surface area contributed by atoms with Crippen molar-refractivity contribution in [1.29, 1.82) is 0 Å². The minimum atomic E-state index is 0.0480. The Kier molecular flexibility index (Phi) is 7.53. The summed E-state index contributed by atoms with van der Waals surface area (Å²) >= 11 is 0. The number of piperidine rings is 1. The van der Waals surface area contributed by atoms with Gasteiger partial charge in [0, 0.05) is 25.2 Å². The second-order valence-electron chi connectivity index (χ2n) is 7.54. The molecule has 0 N–H and O–H groups in total. The van der Waals surface area contributed by atoms with Gasteiger partial charge in [0.1, 0.15) is 0 Å². The van der Waals surface area contributed by atoms with Crippen molar-refractivity contribution in [3.63, 3.8) is 0 Å².